The first-order valence-electron chi connectivity index (χ1n) is 5.85. The summed E-state index contributed by atoms with van der Waals surface area (Å²) in [5.74, 6) is -0.765. The number of halogens is 2. The van der Waals surface area contributed by atoms with Gasteiger partial charge in [-0.2, -0.15) is 0 Å². The van der Waals surface area contributed by atoms with Crippen molar-refractivity contribution in [2.45, 2.75) is 26.4 Å². The van der Waals surface area contributed by atoms with Gasteiger partial charge in [0.25, 0.3) is 0 Å². The molecule has 0 aromatic heterocycles. The molecule has 4 heteroatoms. The van der Waals surface area contributed by atoms with Crippen LogP contribution in [-0.2, 0) is 6.54 Å². The van der Waals surface area contributed by atoms with Crippen LogP contribution in [0.3, 0.4) is 0 Å². The van der Waals surface area contributed by atoms with Crippen molar-refractivity contribution in [1.29, 1.82) is 0 Å². The number of likely N-dealkylation sites (N-methyl/N-ethyl adjacent to an activating group) is 1. The van der Waals surface area contributed by atoms with E-state index in [1.54, 1.807) is 0 Å². The third-order valence-electron chi connectivity index (χ3n) is 2.85. The van der Waals surface area contributed by atoms with Gasteiger partial charge in [-0.15, -0.1) is 0 Å². The fraction of sp³-hybridized carbons (Fsp3) is 0.538. The van der Waals surface area contributed by atoms with Crippen molar-refractivity contribution in [3.63, 3.8) is 0 Å². The second-order valence-electron chi connectivity index (χ2n) is 4.49. The Morgan fingerprint density at radius 1 is 1.29 bits per heavy atom. The Morgan fingerprint density at radius 2 is 2.00 bits per heavy atom. The van der Waals surface area contributed by atoms with Crippen LogP contribution < -0.4 is 5.32 Å². The first-order valence-corrected chi connectivity index (χ1v) is 5.85. The van der Waals surface area contributed by atoms with Gasteiger partial charge in [0.15, 0.2) is 0 Å². The van der Waals surface area contributed by atoms with E-state index >= 15 is 0 Å². The first-order chi connectivity index (χ1) is 8.00. The molecule has 1 N–H and O–H groups in total. The van der Waals surface area contributed by atoms with Crippen molar-refractivity contribution in [3.8, 4) is 0 Å². The molecule has 2 nitrogen and oxygen atoms in total. The van der Waals surface area contributed by atoms with Crippen molar-refractivity contribution >= 4 is 0 Å². The van der Waals surface area contributed by atoms with E-state index in [0.717, 1.165) is 25.2 Å². The van der Waals surface area contributed by atoms with E-state index in [4.69, 9.17) is 0 Å². The molecule has 0 aliphatic heterocycles. The summed E-state index contributed by atoms with van der Waals surface area (Å²) in [6.45, 7) is 6.23. The van der Waals surface area contributed by atoms with E-state index in [-0.39, 0.29) is 5.82 Å². The molecular formula is C13H20F2N2. The van der Waals surface area contributed by atoms with Gasteiger partial charge in [-0.25, -0.2) is 8.78 Å². The van der Waals surface area contributed by atoms with Crippen LogP contribution in [0.1, 0.15) is 19.4 Å². The zero-order valence-electron chi connectivity index (χ0n) is 10.6. The largest absolute Gasteiger partial charge is 0.311 e. The maximum absolute atomic E-state index is 13.3. The SMILES string of the molecule is CC(C)N(C)CCNCc1cc(F)ccc1F. The topological polar surface area (TPSA) is 15.3 Å². The molecule has 0 saturated carbocycles. The van der Waals surface area contributed by atoms with Gasteiger partial charge in [-0.1, -0.05) is 0 Å². The maximum atomic E-state index is 13.3. The number of hydrogen-bond acceptors (Lipinski definition) is 2. The quantitative estimate of drug-likeness (QED) is 0.771. The molecule has 17 heavy (non-hydrogen) atoms. The molecule has 96 valence electrons. The Hall–Kier alpha value is -1.00. The molecule has 0 amide bonds. The Morgan fingerprint density at radius 3 is 2.65 bits per heavy atom. The lowest BCUT2D eigenvalue weighted by Crippen LogP contribution is -2.33. The van der Waals surface area contributed by atoms with Crippen LogP contribution in [-0.4, -0.2) is 31.1 Å². The van der Waals surface area contributed by atoms with Gasteiger partial charge in [0.2, 0.25) is 0 Å². The molecule has 1 rings (SSSR count). The minimum atomic E-state index is -0.400. The highest BCUT2D eigenvalue weighted by Gasteiger charge is 2.04. The van der Waals surface area contributed by atoms with E-state index in [1.165, 1.54) is 6.07 Å². The summed E-state index contributed by atoms with van der Waals surface area (Å²) in [5, 5.41) is 3.11. The molecule has 1 aromatic carbocycles. The van der Waals surface area contributed by atoms with Crippen molar-refractivity contribution in [2.24, 2.45) is 0 Å². The average molecular weight is 242 g/mol. The monoisotopic (exact) mass is 242 g/mol. The summed E-state index contributed by atoms with van der Waals surface area (Å²) in [5.41, 5.74) is 0.372. The summed E-state index contributed by atoms with van der Waals surface area (Å²) in [6.07, 6.45) is 0. The van der Waals surface area contributed by atoms with Crippen LogP contribution in [0.25, 0.3) is 0 Å². The summed E-state index contributed by atoms with van der Waals surface area (Å²) in [7, 11) is 2.04. The molecule has 0 bridgehead atoms. The van der Waals surface area contributed by atoms with Crippen LogP contribution in [0.4, 0.5) is 8.78 Å². The molecule has 0 heterocycles. The molecule has 0 atom stereocenters. The summed E-state index contributed by atoms with van der Waals surface area (Å²) in [6, 6.07) is 4.01. The summed E-state index contributed by atoms with van der Waals surface area (Å²) < 4.78 is 26.2. The predicted octanol–water partition coefficient (Wildman–Crippen LogP) is 2.39. The Kier molecular flexibility index (Phi) is 5.51. The van der Waals surface area contributed by atoms with Gasteiger partial charge < -0.3 is 10.2 Å². The van der Waals surface area contributed by atoms with E-state index in [0.29, 0.717) is 18.2 Å². The average Bonchev–Trinajstić information content (AvgIpc) is 2.28. The summed E-state index contributed by atoms with van der Waals surface area (Å²) >= 11 is 0. The third-order valence-corrected chi connectivity index (χ3v) is 2.85. The van der Waals surface area contributed by atoms with Crippen LogP contribution in [0.5, 0.6) is 0 Å². The highest BCUT2D eigenvalue weighted by molar-refractivity contribution is 5.18. The highest BCUT2D eigenvalue weighted by atomic mass is 19.1. The van der Waals surface area contributed by atoms with Crippen LogP contribution >= 0.6 is 0 Å². The van der Waals surface area contributed by atoms with Crippen molar-refractivity contribution in [1.82, 2.24) is 10.2 Å². The third kappa shape index (κ3) is 4.79. The van der Waals surface area contributed by atoms with Gasteiger partial charge in [-0.05, 0) is 39.1 Å². The molecule has 1 aromatic rings. The van der Waals surface area contributed by atoms with Crippen LogP contribution in [0.15, 0.2) is 18.2 Å². The summed E-state index contributed by atoms with van der Waals surface area (Å²) in [4.78, 5) is 2.19. The number of hydrogen-bond donors (Lipinski definition) is 1. The number of rotatable bonds is 6. The lowest BCUT2D eigenvalue weighted by atomic mass is 10.2. The molecule has 0 fully saturated rings. The van der Waals surface area contributed by atoms with E-state index < -0.39 is 5.82 Å². The number of nitrogens with one attached hydrogen (secondary N) is 1. The zero-order chi connectivity index (χ0) is 12.8. The Labute approximate surface area is 102 Å². The second-order valence-corrected chi connectivity index (χ2v) is 4.49. The fourth-order valence-corrected chi connectivity index (χ4v) is 1.42. The van der Waals surface area contributed by atoms with Crippen LogP contribution in [0, 0.1) is 11.6 Å². The smallest absolute Gasteiger partial charge is 0.127 e. The number of benzene rings is 1. The van der Waals surface area contributed by atoms with Gasteiger partial charge in [0.1, 0.15) is 11.6 Å². The normalized spacial score (nSPS) is 11.5. The van der Waals surface area contributed by atoms with Crippen molar-refractivity contribution in [2.75, 3.05) is 20.1 Å². The molecule has 0 saturated heterocycles. The van der Waals surface area contributed by atoms with Gasteiger partial charge in [0.05, 0.1) is 0 Å². The van der Waals surface area contributed by atoms with E-state index in [1.807, 2.05) is 7.05 Å². The Balaban J connectivity index is 2.33. The molecule has 0 aliphatic rings. The molecular weight excluding hydrogens is 222 g/mol. The predicted molar refractivity (Wildman–Crippen MR) is 65.8 cm³/mol. The molecule has 0 spiro atoms. The lowest BCUT2D eigenvalue weighted by molar-refractivity contribution is 0.273. The van der Waals surface area contributed by atoms with E-state index in [2.05, 4.69) is 24.1 Å². The standard InChI is InChI=1S/C13H20F2N2/c1-10(2)17(3)7-6-16-9-11-8-12(14)4-5-13(11)15/h4-5,8,10,16H,6-7,9H2,1-3H3. The van der Waals surface area contributed by atoms with Gasteiger partial charge >= 0.3 is 0 Å². The minimum absolute atomic E-state index is 0.357. The van der Waals surface area contributed by atoms with Gasteiger partial charge in [0, 0.05) is 31.2 Å². The van der Waals surface area contributed by atoms with Crippen LogP contribution in [0.2, 0.25) is 0 Å². The second kappa shape index (κ2) is 6.67. The molecule has 0 radical (unpaired) electrons. The Bertz CT molecular complexity index is 353. The zero-order valence-corrected chi connectivity index (χ0v) is 10.6. The minimum Gasteiger partial charge on any atom is -0.311 e. The molecule has 0 unspecified atom stereocenters. The number of nitrogens with zero attached hydrogens (tertiary/aromatic N) is 1. The maximum Gasteiger partial charge on any atom is 0.127 e. The van der Waals surface area contributed by atoms with Crippen molar-refractivity contribution < 1.29 is 8.78 Å². The lowest BCUT2D eigenvalue weighted by Gasteiger charge is -2.20. The van der Waals surface area contributed by atoms with Gasteiger partial charge in [-0.3, -0.25) is 0 Å². The first kappa shape index (κ1) is 14.1. The van der Waals surface area contributed by atoms with E-state index in [9.17, 15) is 8.78 Å². The van der Waals surface area contributed by atoms with Crippen molar-refractivity contribution in [3.05, 3.63) is 35.4 Å². The molecule has 0 aliphatic carbocycles. The fourth-order valence-electron chi connectivity index (χ4n) is 1.42. The highest BCUT2D eigenvalue weighted by Crippen LogP contribution is 2.08.